The summed E-state index contributed by atoms with van der Waals surface area (Å²) in [5, 5.41) is 8.80. The van der Waals surface area contributed by atoms with Gasteiger partial charge in [0.1, 0.15) is 29.9 Å². The second-order valence-corrected chi connectivity index (χ2v) is 16.1. The number of imide groups is 2. The lowest BCUT2D eigenvalue weighted by Gasteiger charge is -2.43. The summed E-state index contributed by atoms with van der Waals surface area (Å²) in [5.74, 6) is -1.26. The molecule has 332 valence electrons. The van der Waals surface area contributed by atoms with E-state index in [1.165, 1.54) is 6.20 Å². The van der Waals surface area contributed by atoms with Gasteiger partial charge in [0.2, 0.25) is 17.7 Å². The van der Waals surface area contributed by atoms with Gasteiger partial charge in [-0.15, -0.1) is 0 Å². The number of amides is 5. The number of piperazine rings is 1. The number of nitrogens with two attached hydrogens (primary N) is 1. The first-order valence-electron chi connectivity index (χ1n) is 21.5. The number of anilines is 5. The van der Waals surface area contributed by atoms with Gasteiger partial charge in [0.25, 0.3) is 11.8 Å². The Kier molecular flexibility index (Phi) is 12.4. The van der Waals surface area contributed by atoms with E-state index < -0.39 is 29.7 Å². The fraction of sp³-hybridized carbons (Fsp3) is 0.386. The van der Waals surface area contributed by atoms with Crippen LogP contribution in [0.3, 0.4) is 0 Å². The highest BCUT2D eigenvalue weighted by Gasteiger charge is 2.44. The van der Waals surface area contributed by atoms with Crippen LogP contribution in [0.25, 0.3) is 17.0 Å². The van der Waals surface area contributed by atoms with Crippen LogP contribution in [0.15, 0.2) is 73.4 Å². The number of benzene rings is 2. The number of rotatable bonds is 15. The van der Waals surface area contributed by atoms with Gasteiger partial charge in [0.05, 0.1) is 43.3 Å². The van der Waals surface area contributed by atoms with Crippen molar-refractivity contribution < 1.29 is 33.4 Å². The molecule has 1 atom stereocenters. The number of ether oxygens (including phenoxy) is 2. The molecule has 3 aromatic heterocycles. The third-order valence-electron chi connectivity index (χ3n) is 12.0. The molecule has 64 heavy (non-hydrogen) atoms. The van der Waals surface area contributed by atoms with Crippen molar-refractivity contribution in [3.05, 3.63) is 84.6 Å². The zero-order chi connectivity index (χ0) is 44.2. The van der Waals surface area contributed by atoms with Gasteiger partial charge in [-0.1, -0.05) is 0 Å². The summed E-state index contributed by atoms with van der Waals surface area (Å²) in [7, 11) is 0. The molecule has 5 N–H and O–H groups in total. The van der Waals surface area contributed by atoms with Crippen LogP contribution in [0.5, 0.6) is 0 Å². The third-order valence-corrected chi connectivity index (χ3v) is 12.0. The quantitative estimate of drug-likeness (QED) is 0.0872. The van der Waals surface area contributed by atoms with E-state index in [1.807, 2.05) is 21.7 Å². The summed E-state index contributed by atoms with van der Waals surface area (Å²) in [5.41, 5.74) is 10.9. The van der Waals surface area contributed by atoms with E-state index in [9.17, 15) is 24.0 Å². The minimum absolute atomic E-state index is 0.00597. The lowest BCUT2D eigenvalue weighted by Crippen LogP contribution is -2.54. The Bertz CT molecular complexity index is 2550. The van der Waals surface area contributed by atoms with Gasteiger partial charge < -0.3 is 40.0 Å². The van der Waals surface area contributed by atoms with Gasteiger partial charge in [-0.25, -0.2) is 15.0 Å². The van der Waals surface area contributed by atoms with E-state index in [0.717, 1.165) is 55.3 Å². The summed E-state index contributed by atoms with van der Waals surface area (Å²) >= 11 is 0. The lowest BCUT2D eigenvalue weighted by atomic mass is 10.0. The first-order valence-corrected chi connectivity index (χ1v) is 21.5. The molecule has 5 amide bonds. The molecule has 0 spiro atoms. The minimum Gasteiger partial charge on any atom is -0.383 e. The number of nitrogens with zero attached hydrogens (tertiary/aromatic N) is 9. The van der Waals surface area contributed by atoms with Crippen molar-refractivity contribution in [3.8, 4) is 11.4 Å². The monoisotopic (exact) mass is 871 g/mol. The molecule has 7 heterocycles. The highest BCUT2D eigenvalue weighted by molar-refractivity contribution is 6.23. The van der Waals surface area contributed by atoms with E-state index in [4.69, 9.17) is 20.2 Å². The van der Waals surface area contributed by atoms with Gasteiger partial charge in [-0.3, -0.25) is 44.1 Å². The third kappa shape index (κ3) is 9.19. The lowest BCUT2D eigenvalue weighted by molar-refractivity contribution is -0.138. The first-order chi connectivity index (χ1) is 31.2. The summed E-state index contributed by atoms with van der Waals surface area (Å²) in [6, 6.07) is 12.6. The molecule has 0 bridgehead atoms. The number of nitrogen functional groups attached to an aromatic ring is 1. The Morgan fingerprint density at radius 2 is 1.59 bits per heavy atom. The molecule has 9 rings (SSSR count). The van der Waals surface area contributed by atoms with E-state index in [-0.39, 0.29) is 43.1 Å². The largest absolute Gasteiger partial charge is 0.383 e. The average molecular weight is 872 g/mol. The summed E-state index contributed by atoms with van der Waals surface area (Å²) in [6.45, 7) is 6.53. The number of hydrogen-bond donors (Lipinski definition) is 4. The number of aromatic nitrogens is 5. The van der Waals surface area contributed by atoms with E-state index in [1.54, 1.807) is 30.6 Å². The zero-order valence-corrected chi connectivity index (χ0v) is 35.1. The number of nitrogens with one attached hydrogen (secondary N) is 3. The zero-order valence-electron chi connectivity index (χ0n) is 35.1. The predicted octanol–water partition coefficient (Wildman–Crippen LogP) is 2.17. The molecule has 0 saturated carbocycles. The van der Waals surface area contributed by atoms with Crippen molar-refractivity contribution in [2.75, 3.05) is 93.5 Å². The number of piperidine rings is 2. The van der Waals surface area contributed by atoms with Crippen LogP contribution in [-0.4, -0.2) is 153 Å². The topological polar surface area (TPSA) is 235 Å². The van der Waals surface area contributed by atoms with Crippen molar-refractivity contribution in [2.45, 2.75) is 37.8 Å². The Morgan fingerprint density at radius 1 is 0.828 bits per heavy atom. The molecule has 5 aromatic rings. The highest BCUT2D eigenvalue weighted by atomic mass is 16.5. The Balaban J connectivity index is 0.647. The highest BCUT2D eigenvalue weighted by Crippen LogP contribution is 2.30. The normalized spacial score (nSPS) is 18.4. The second kappa shape index (κ2) is 18.8. The molecule has 4 aliphatic heterocycles. The average Bonchev–Trinajstić information content (AvgIpc) is 3.89. The van der Waals surface area contributed by atoms with Crippen molar-refractivity contribution in [1.82, 2.24) is 44.4 Å². The fourth-order valence-electron chi connectivity index (χ4n) is 8.68. The minimum atomic E-state index is -1.01. The van der Waals surface area contributed by atoms with E-state index >= 15 is 0 Å². The standard InChI is InChI=1S/C44H49N13O7/c45-37-25-46-24-34(50-37)35-26-56-15-11-48-41(56)40(51-35)49-28-1-4-30(5-2-28)53-16-18-54(19-17-53)31-9-13-55(14-10-31)39(59)27-64-22-21-63-20-12-47-29-3-6-32-33(23-29)44(62)57(43(32)61)36-7-8-38(58)52-42(36)60/h1-6,11,15,23-26,31,36,47H,7-10,12-14,16-22,27H2,(H2,45,50)(H,49,51)(H,52,58,60). The maximum Gasteiger partial charge on any atom is 0.262 e. The molecular weight excluding hydrogens is 823 g/mol. The van der Waals surface area contributed by atoms with Crippen LogP contribution in [0.4, 0.5) is 28.7 Å². The second-order valence-electron chi connectivity index (χ2n) is 16.1. The smallest absolute Gasteiger partial charge is 0.262 e. The van der Waals surface area contributed by atoms with Gasteiger partial charge in [-0.2, -0.15) is 0 Å². The molecule has 20 heteroatoms. The van der Waals surface area contributed by atoms with E-state index in [2.05, 4.69) is 65.0 Å². The number of likely N-dealkylation sites (tertiary alicyclic amines) is 1. The molecule has 0 radical (unpaired) electrons. The summed E-state index contributed by atoms with van der Waals surface area (Å²) in [6.07, 6.45) is 10.6. The first kappa shape index (κ1) is 42.3. The van der Waals surface area contributed by atoms with Crippen molar-refractivity contribution in [2.24, 2.45) is 0 Å². The molecule has 1 unspecified atom stereocenters. The fourth-order valence-corrected chi connectivity index (χ4v) is 8.68. The number of fused-ring (bicyclic) bond motifs is 2. The van der Waals surface area contributed by atoms with Gasteiger partial charge >= 0.3 is 0 Å². The van der Waals surface area contributed by atoms with Crippen molar-refractivity contribution in [1.29, 1.82) is 0 Å². The number of carbonyl (C=O) groups excluding carboxylic acids is 5. The number of carbonyl (C=O) groups is 5. The van der Waals surface area contributed by atoms with Gasteiger partial charge in [-0.05, 0) is 61.7 Å². The molecule has 20 nitrogen and oxygen atoms in total. The van der Waals surface area contributed by atoms with Crippen LogP contribution in [-0.2, 0) is 23.9 Å². The van der Waals surface area contributed by atoms with Crippen LogP contribution in [0.2, 0.25) is 0 Å². The van der Waals surface area contributed by atoms with Gasteiger partial charge in [0.15, 0.2) is 11.5 Å². The molecule has 3 fully saturated rings. The van der Waals surface area contributed by atoms with Gasteiger partial charge in [0, 0.05) is 93.9 Å². The molecule has 3 saturated heterocycles. The molecule has 4 aliphatic rings. The van der Waals surface area contributed by atoms with E-state index in [0.29, 0.717) is 73.2 Å². The summed E-state index contributed by atoms with van der Waals surface area (Å²) < 4.78 is 13.2. The van der Waals surface area contributed by atoms with Crippen molar-refractivity contribution in [3.63, 3.8) is 0 Å². The van der Waals surface area contributed by atoms with Crippen LogP contribution < -0.4 is 26.6 Å². The maximum absolute atomic E-state index is 13.1. The van der Waals surface area contributed by atoms with Crippen molar-refractivity contribution >= 4 is 63.9 Å². The Hall–Kier alpha value is -7.03. The Labute approximate surface area is 368 Å². The Morgan fingerprint density at radius 3 is 2.38 bits per heavy atom. The van der Waals surface area contributed by atoms with Crippen LogP contribution >= 0.6 is 0 Å². The van der Waals surface area contributed by atoms with Crippen LogP contribution in [0.1, 0.15) is 46.4 Å². The number of hydrogen-bond acceptors (Lipinski definition) is 16. The van der Waals surface area contributed by atoms with Crippen LogP contribution in [0, 0.1) is 0 Å². The SMILES string of the molecule is Nc1cncc(-c2cn3ccnc3c(Nc3ccc(N4CCN(C5CCN(C(=O)COCCOCCNc6ccc7c(c6)C(=O)N(C6CCC(=O)NC6=O)C7=O)CC5)CC4)cc3)n2)n1. The number of imidazole rings is 1. The molecular formula is C44H49N13O7. The summed E-state index contributed by atoms with van der Waals surface area (Å²) in [4.78, 5) is 88.4. The maximum atomic E-state index is 13.1. The molecule has 0 aliphatic carbocycles. The predicted molar refractivity (Wildman–Crippen MR) is 235 cm³/mol. The molecule has 2 aromatic carbocycles.